The molecule has 0 bridgehead atoms. The molecule has 22 heteroatoms. The summed E-state index contributed by atoms with van der Waals surface area (Å²) in [5, 5.41) is 24.5. The molecule has 0 radical (unpaired) electrons. The summed E-state index contributed by atoms with van der Waals surface area (Å²) in [5.74, 6) is -1.13. The van der Waals surface area contributed by atoms with E-state index in [9.17, 15) is 52.4 Å². The Hall–Kier alpha value is -4.42. The summed E-state index contributed by atoms with van der Waals surface area (Å²) < 4.78 is 133. The monoisotopic (exact) mass is 687 g/mol. The quantitative estimate of drug-likeness (QED) is 0.0868. The molecule has 18 nitrogen and oxygen atoms in total. The summed E-state index contributed by atoms with van der Waals surface area (Å²) >= 11 is 0. The first-order chi connectivity index (χ1) is 20.2. The Balaban J connectivity index is 2.00. The molecule has 0 aliphatic heterocycles. The van der Waals surface area contributed by atoms with Crippen LogP contribution in [-0.2, 0) is 40.5 Å². The van der Waals surface area contributed by atoms with E-state index in [0.717, 1.165) is 36.4 Å². The van der Waals surface area contributed by atoms with Crippen LogP contribution in [0.2, 0.25) is 0 Å². The molecule has 0 unspecified atom stereocenters. The zero-order chi connectivity index (χ0) is 32.8. The first-order valence-corrected chi connectivity index (χ1v) is 17.0. The summed E-state index contributed by atoms with van der Waals surface area (Å²) in [7, 11) is -19.8. The van der Waals surface area contributed by atoms with Crippen LogP contribution in [0.1, 0.15) is 0 Å². The van der Waals surface area contributed by atoms with E-state index in [0.29, 0.717) is 12.1 Å². The number of benzene rings is 4. The third-order valence-corrected chi connectivity index (χ3v) is 9.17. The number of hydrogen-bond acceptors (Lipinski definition) is 14. The fourth-order valence-electron chi connectivity index (χ4n) is 3.76. The van der Waals surface area contributed by atoms with Crippen molar-refractivity contribution in [2.45, 2.75) is 19.6 Å². The lowest BCUT2D eigenvalue weighted by molar-refractivity contribution is 0.472. The van der Waals surface area contributed by atoms with Crippen molar-refractivity contribution in [1.82, 2.24) is 0 Å². The zero-order valence-electron chi connectivity index (χ0n) is 21.3. The maximum atomic E-state index is 12.2. The van der Waals surface area contributed by atoms with Crippen LogP contribution in [0.4, 0.5) is 28.4 Å². The number of fused-ring (bicyclic) bond motifs is 1. The highest BCUT2D eigenvalue weighted by Gasteiger charge is 2.28. The first-order valence-electron chi connectivity index (χ1n) is 11.2. The molecule has 0 saturated carbocycles. The summed E-state index contributed by atoms with van der Waals surface area (Å²) in [6.07, 6.45) is 0. The van der Waals surface area contributed by atoms with Gasteiger partial charge in [-0.05, 0) is 53.9 Å². The molecule has 0 atom stereocenters. The van der Waals surface area contributed by atoms with Gasteiger partial charge in [0.1, 0.15) is 31.7 Å². The van der Waals surface area contributed by atoms with Crippen molar-refractivity contribution in [3.63, 3.8) is 0 Å². The van der Waals surface area contributed by atoms with Crippen molar-refractivity contribution in [2.24, 2.45) is 20.5 Å². The van der Waals surface area contributed by atoms with E-state index in [1.165, 1.54) is 12.1 Å². The second-order valence-corrected chi connectivity index (χ2v) is 14.2. The summed E-state index contributed by atoms with van der Waals surface area (Å²) in [5.41, 5.74) is 2.96. The average Bonchev–Trinajstić information content (AvgIpc) is 2.90. The van der Waals surface area contributed by atoms with Gasteiger partial charge in [0.05, 0.1) is 21.7 Å². The van der Waals surface area contributed by atoms with Crippen molar-refractivity contribution in [3.8, 4) is 5.75 Å². The number of anilines is 1. The number of phenolic OH excluding ortho intramolecular Hbond substituents is 1. The number of nitrogens with zero attached hydrogens (tertiary/aromatic N) is 4. The van der Waals surface area contributed by atoms with Crippen molar-refractivity contribution in [1.29, 1.82) is 0 Å². The van der Waals surface area contributed by atoms with E-state index < -0.39 is 99.3 Å². The molecule has 232 valence electrons. The van der Waals surface area contributed by atoms with Gasteiger partial charge in [-0.2, -0.15) is 38.8 Å². The second-order valence-electron chi connectivity index (χ2n) is 8.57. The van der Waals surface area contributed by atoms with Crippen molar-refractivity contribution < 1.29 is 57.0 Å². The summed E-state index contributed by atoms with van der Waals surface area (Å²) in [4.78, 5) is -3.43. The number of aromatic hydroxyl groups is 1. The molecule has 0 amide bonds. The molecule has 4 rings (SSSR count). The highest BCUT2D eigenvalue weighted by molar-refractivity contribution is 7.86. The van der Waals surface area contributed by atoms with Crippen LogP contribution < -0.4 is 5.73 Å². The summed E-state index contributed by atoms with van der Waals surface area (Å²) in [6.45, 7) is 0. The molecule has 0 aliphatic carbocycles. The van der Waals surface area contributed by atoms with E-state index >= 15 is 0 Å². The molecule has 4 aromatic rings. The highest BCUT2D eigenvalue weighted by Crippen LogP contribution is 2.48. The Morgan fingerprint density at radius 2 is 1.07 bits per heavy atom. The van der Waals surface area contributed by atoms with Gasteiger partial charge in [0, 0.05) is 0 Å². The van der Waals surface area contributed by atoms with Crippen LogP contribution in [0.5, 0.6) is 5.75 Å². The average molecular weight is 688 g/mol. The Labute approximate surface area is 248 Å². The Morgan fingerprint density at radius 3 is 1.59 bits per heavy atom. The number of nitrogen functional groups attached to an aromatic ring is 1. The maximum absolute atomic E-state index is 12.2. The van der Waals surface area contributed by atoms with E-state index in [1.54, 1.807) is 0 Å². The van der Waals surface area contributed by atoms with Gasteiger partial charge in [0.2, 0.25) is 0 Å². The van der Waals surface area contributed by atoms with Crippen LogP contribution in [-0.4, -0.2) is 57.0 Å². The van der Waals surface area contributed by atoms with Gasteiger partial charge in [-0.1, -0.05) is 12.1 Å². The zero-order valence-corrected chi connectivity index (χ0v) is 24.5. The SMILES string of the molecule is Nc1c(N=Nc2ccc(S(=O)(=O)O)cc2)c(S(=O)(=O)O)cc2cc(S(=O)(=O)O)c(N=Nc3ccccc3S(=O)(=O)O)c(O)c12. The fraction of sp³-hybridized carbons (Fsp3) is 0. The number of nitrogens with two attached hydrogens (primary N) is 1. The van der Waals surface area contributed by atoms with E-state index in [-0.39, 0.29) is 5.69 Å². The minimum atomic E-state index is -5.26. The van der Waals surface area contributed by atoms with Gasteiger partial charge in [-0.25, -0.2) is 0 Å². The largest absolute Gasteiger partial charge is 0.505 e. The normalized spacial score (nSPS) is 13.3. The third kappa shape index (κ3) is 6.71. The van der Waals surface area contributed by atoms with Gasteiger partial charge in [-0.15, -0.1) is 15.3 Å². The minimum Gasteiger partial charge on any atom is -0.505 e. The molecular formula is C22H17N5O13S4. The smallest absolute Gasteiger partial charge is 0.296 e. The molecule has 0 saturated heterocycles. The van der Waals surface area contributed by atoms with Crippen LogP contribution in [0, 0.1) is 0 Å². The predicted octanol–water partition coefficient (Wildman–Crippen LogP) is 3.95. The number of phenols is 1. The number of hydrogen-bond donors (Lipinski definition) is 6. The lowest BCUT2D eigenvalue weighted by atomic mass is 10.1. The fourth-order valence-corrected chi connectivity index (χ4v) is 6.19. The predicted molar refractivity (Wildman–Crippen MR) is 151 cm³/mol. The van der Waals surface area contributed by atoms with Gasteiger partial charge < -0.3 is 10.8 Å². The van der Waals surface area contributed by atoms with Crippen molar-refractivity contribution >= 4 is 79.7 Å². The highest BCUT2D eigenvalue weighted by atomic mass is 32.2. The molecule has 0 heterocycles. The molecule has 0 aromatic heterocycles. The molecule has 0 fully saturated rings. The third-order valence-electron chi connectivity index (χ3n) is 5.67. The van der Waals surface area contributed by atoms with Gasteiger partial charge in [-0.3, -0.25) is 18.2 Å². The number of azo groups is 2. The second kappa shape index (κ2) is 11.3. The first kappa shape index (κ1) is 32.5. The topological polar surface area (TPSA) is 313 Å². The maximum Gasteiger partial charge on any atom is 0.296 e. The lowest BCUT2D eigenvalue weighted by Gasteiger charge is -2.14. The van der Waals surface area contributed by atoms with Crippen LogP contribution >= 0.6 is 0 Å². The number of rotatable bonds is 8. The van der Waals surface area contributed by atoms with Crippen LogP contribution in [0.15, 0.2) is 101 Å². The van der Waals surface area contributed by atoms with E-state index in [2.05, 4.69) is 20.5 Å². The van der Waals surface area contributed by atoms with Crippen molar-refractivity contribution in [3.05, 3.63) is 60.7 Å². The van der Waals surface area contributed by atoms with Crippen LogP contribution in [0.3, 0.4) is 0 Å². The van der Waals surface area contributed by atoms with E-state index in [1.807, 2.05) is 0 Å². The molecule has 0 spiro atoms. The van der Waals surface area contributed by atoms with Gasteiger partial charge in [0.25, 0.3) is 40.5 Å². The molecule has 7 N–H and O–H groups in total. The lowest BCUT2D eigenvalue weighted by Crippen LogP contribution is -2.03. The van der Waals surface area contributed by atoms with Crippen molar-refractivity contribution in [2.75, 3.05) is 5.73 Å². The van der Waals surface area contributed by atoms with Crippen LogP contribution in [0.25, 0.3) is 10.8 Å². The molecule has 44 heavy (non-hydrogen) atoms. The van der Waals surface area contributed by atoms with Gasteiger partial charge >= 0.3 is 0 Å². The molecular weight excluding hydrogens is 671 g/mol. The van der Waals surface area contributed by atoms with Gasteiger partial charge in [0.15, 0.2) is 5.75 Å². The Bertz CT molecular complexity index is 2340. The standard InChI is InChI=1S/C22H17N5O13S4/c23-19-18-11(9-16(43(35,36)37)20(19)26-24-12-5-7-13(8-6-12)41(29,30)31)10-17(44(38,39)40)21(22(18)28)27-25-14-3-1-2-4-15(14)42(32,33)34/h1-10,28H,23H2,(H,29,30,31)(H,32,33,34)(H,35,36,37)(H,38,39,40). The minimum absolute atomic E-state index is 0.101. The Kier molecular flexibility index (Phi) is 8.31. The Morgan fingerprint density at radius 1 is 0.568 bits per heavy atom. The molecule has 0 aliphatic rings. The summed E-state index contributed by atoms with van der Waals surface area (Å²) in [6, 6.07) is 9.79. The molecule has 4 aromatic carbocycles. The van der Waals surface area contributed by atoms with E-state index in [4.69, 9.17) is 10.3 Å².